The lowest BCUT2D eigenvalue weighted by molar-refractivity contribution is -0.121. The first-order valence-corrected chi connectivity index (χ1v) is 9.35. The summed E-state index contributed by atoms with van der Waals surface area (Å²) in [4.78, 5) is 31.5. The van der Waals surface area contributed by atoms with Crippen molar-refractivity contribution in [2.45, 2.75) is 25.8 Å². The summed E-state index contributed by atoms with van der Waals surface area (Å²) in [5.41, 5.74) is 1.71. The Morgan fingerprint density at radius 2 is 2.03 bits per heavy atom. The molecule has 3 aromatic rings. The van der Waals surface area contributed by atoms with E-state index in [1.54, 1.807) is 33.3 Å². The van der Waals surface area contributed by atoms with E-state index in [4.69, 9.17) is 0 Å². The van der Waals surface area contributed by atoms with Gasteiger partial charge in [-0.15, -0.1) is 0 Å². The van der Waals surface area contributed by atoms with Crippen LogP contribution in [0.5, 0.6) is 0 Å². The van der Waals surface area contributed by atoms with E-state index in [2.05, 4.69) is 15.4 Å². The molecule has 0 bridgehead atoms. The zero-order chi connectivity index (χ0) is 20.5. The van der Waals surface area contributed by atoms with E-state index in [9.17, 15) is 14.0 Å². The van der Waals surface area contributed by atoms with E-state index >= 15 is 0 Å². The molecule has 1 N–H and O–H groups in total. The lowest BCUT2D eigenvalue weighted by atomic mass is 10.0. The largest absolute Gasteiger partial charge is 0.339 e. The van der Waals surface area contributed by atoms with Crippen LogP contribution in [-0.4, -0.2) is 43.7 Å². The quantitative estimate of drug-likeness (QED) is 0.731. The fourth-order valence-corrected chi connectivity index (χ4v) is 3.59. The van der Waals surface area contributed by atoms with E-state index in [1.165, 1.54) is 24.7 Å². The van der Waals surface area contributed by atoms with Crippen molar-refractivity contribution in [3.63, 3.8) is 0 Å². The van der Waals surface area contributed by atoms with Crippen molar-refractivity contribution in [1.29, 1.82) is 0 Å². The van der Waals surface area contributed by atoms with Crippen molar-refractivity contribution in [2.75, 3.05) is 11.4 Å². The molecule has 0 radical (unpaired) electrons. The molecule has 2 amide bonds. The summed E-state index contributed by atoms with van der Waals surface area (Å²) in [6.07, 6.45) is 4.23. The highest BCUT2D eigenvalue weighted by Gasteiger charge is 2.33. The number of carbonyl (C=O) groups excluding carboxylic acids is 2. The molecule has 0 saturated carbocycles. The first-order chi connectivity index (χ1) is 13.9. The summed E-state index contributed by atoms with van der Waals surface area (Å²) in [5, 5.41) is 7.12. The molecular weight excluding hydrogens is 375 g/mol. The van der Waals surface area contributed by atoms with Gasteiger partial charge in [-0.2, -0.15) is 5.10 Å². The number of anilines is 1. The molecule has 3 heterocycles. The van der Waals surface area contributed by atoms with E-state index < -0.39 is 11.9 Å². The van der Waals surface area contributed by atoms with Crippen LogP contribution < -0.4 is 10.2 Å². The van der Waals surface area contributed by atoms with Gasteiger partial charge >= 0.3 is 0 Å². The molecule has 4 rings (SSSR count). The van der Waals surface area contributed by atoms with Gasteiger partial charge in [0.1, 0.15) is 23.4 Å². The second-order valence-electron chi connectivity index (χ2n) is 7.05. The summed E-state index contributed by atoms with van der Waals surface area (Å²) < 4.78 is 16.4. The van der Waals surface area contributed by atoms with E-state index in [1.807, 2.05) is 13.0 Å². The predicted molar refractivity (Wildman–Crippen MR) is 104 cm³/mol. The summed E-state index contributed by atoms with van der Waals surface area (Å²) in [5.74, 6) is -0.227. The van der Waals surface area contributed by atoms with Crippen molar-refractivity contribution in [3.05, 3.63) is 60.1 Å². The molecule has 8 nitrogen and oxygen atoms in total. The highest BCUT2D eigenvalue weighted by Crippen LogP contribution is 2.22. The van der Waals surface area contributed by atoms with Gasteiger partial charge in [0, 0.05) is 25.3 Å². The van der Waals surface area contributed by atoms with Crippen LogP contribution in [0.1, 0.15) is 29.0 Å². The minimum absolute atomic E-state index is 0.166. The number of halogens is 1. The molecule has 9 heteroatoms. The molecule has 1 aliphatic rings. The van der Waals surface area contributed by atoms with Gasteiger partial charge in [-0.3, -0.25) is 23.7 Å². The predicted octanol–water partition coefficient (Wildman–Crippen LogP) is 1.98. The number of imidazole rings is 1. The topological polar surface area (TPSA) is 85.0 Å². The average molecular weight is 396 g/mol. The van der Waals surface area contributed by atoms with Crippen LogP contribution in [0.25, 0.3) is 5.69 Å². The summed E-state index contributed by atoms with van der Waals surface area (Å²) in [7, 11) is 1.79. The zero-order valence-corrected chi connectivity index (χ0v) is 16.2. The Morgan fingerprint density at radius 1 is 1.28 bits per heavy atom. The maximum atomic E-state index is 13.2. The van der Waals surface area contributed by atoms with Crippen molar-refractivity contribution in [2.24, 2.45) is 7.05 Å². The van der Waals surface area contributed by atoms with Gasteiger partial charge in [-0.05, 0) is 44.0 Å². The third-order valence-electron chi connectivity index (χ3n) is 4.97. The van der Waals surface area contributed by atoms with Gasteiger partial charge in [-0.25, -0.2) is 9.37 Å². The van der Waals surface area contributed by atoms with Gasteiger partial charge in [-0.1, -0.05) is 0 Å². The fourth-order valence-electron chi connectivity index (χ4n) is 3.59. The van der Waals surface area contributed by atoms with Crippen molar-refractivity contribution in [1.82, 2.24) is 24.6 Å². The Morgan fingerprint density at radius 3 is 2.72 bits per heavy atom. The Labute approximate surface area is 167 Å². The standard InChI is InChI=1S/C20H21FN6O2/c1-13-10-18(25(2)24-13)26-9-3-4-16(20(26)29)23-19(28)17-11-22-12-27(17)15-7-5-14(21)6-8-15/h5-8,10-12,16H,3-4,9H2,1-2H3,(H,23,28). The Kier molecular flexibility index (Phi) is 4.87. The van der Waals surface area contributed by atoms with Crippen molar-refractivity contribution >= 4 is 17.6 Å². The number of carbonyl (C=O) groups is 2. The molecule has 1 fully saturated rings. The van der Waals surface area contributed by atoms with Gasteiger partial charge in [0.15, 0.2) is 0 Å². The number of aromatic nitrogens is 4. The fraction of sp³-hybridized carbons (Fsp3) is 0.300. The molecule has 1 aromatic carbocycles. The number of hydrogen-bond acceptors (Lipinski definition) is 4. The van der Waals surface area contributed by atoms with E-state index in [-0.39, 0.29) is 17.4 Å². The van der Waals surface area contributed by atoms with Crippen LogP contribution in [-0.2, 0) is 11.8 Å². The van der Waals surface area contributed by atoms with Gasteiger partial charge in [0.05, 0.1) is 18.2 Å². The lowest BCUT2D eigenvalue weighted by Gasteiger charge is -2.32. The molecule has 150 valence electrons. The van der Waals surface area contributed by atoms with Gasteiger partial charge in [0.2, 0.25) is 0 Å². The number of rotatable bonds is 4. The zero-order valence-electron chi connectivity index (χ0n) is 16.2. The monoisotopic (exact) mass is 396 g/mol. The maximum absolute atomic E-state index is 13.2. The Hall–Kier alpha value is -3.49. The smallest absolute Gasteiger partial charge is 0.270 e. The number of nitrogens with one attached hydrogen (secondary N) is 1. The number of aryl methyl sites for hydroxylation is 2. The van der Waals surface area contributed by atoms with Gasteiger partial charge in [0.25, 0.3) is 11.8 Å². The number of piperidine rings is 1. The van der Waals surface area contributed by atoms with Crippen molar-refractivity contribution < 1.29 is 14.0 Å². The molecule has 0 aliphatic carbocycles. The SMILES string of the molecule is Cc1cc(N2CCCC(NC(=O)c3cncn3-c3ccc(F)cc3)C2=O)n(C)n1. The van der Waals surface area contributed by atoms with Crippen LogP contribution >= 0.6 is 0 Å². The van der Waals surface area contributed by atoms with E-state index in [0.29, 0.717) is 24.5 Å². The Bertz CT molecular complexity index is 1060. The second kappa shape index (κ2) is 7.50. The van der Waals surface area contributed by atoms with Crippen LogP contribution in [0.3, 0.4) is 0 Å². The molecular formula is C20H21FN6O2. The molecule has 1 unspecified atom stereocenters. The maximum Gasteiger partial charge on any atom is 0.270 e. The number of nitrogens with zero attached hydrogens (tertiary/aromatic N) is 5. The molecule has 29 heavy (non-hydrogen) atoms. The second-order valence-corrected chi connectivity index (χ2v) is 7.05. The van der Waals surface area contributed by atoms with Crippen molar-refractivity contribution in [3.8, 4) is 5.69 Å². The summed E-state index contributed by atoms with van der Waals surface area (Å²) >= 11 is 0. The highest BCUT2D eigenvalue weighted by molar-refractivity contribution is 6.02. The highest BCUT2D eigenvalue weighted by atomic mass is 19.1. The number of amides is 2. The number of hydrogen-bond donors (Lipinski definition) is 1. The third kappa shape index (κ3) is 3.63. The van der Waals surface area contributed by atoms with Crippen LogP contribution in [0, 0.1) is 12.7 Å². The Balaban J connectivity index is 1.53. The molecule has 0 spiro atoms. The first kappa shape index (κ1) is 18.9. The molecule has 1 atom stereocenters. The van der Waals surface area contributed by atoms with Crippen LogP contribution in [0.4, 0.5) is 10.2 Å². The normalized spacial score (nSPS) is 16.9. The lowest BCUT2D eigenvalue weighted by Crippen LogP contribution is -2.53. The van der Waals surface area contributed by atoms with Crippen LogP contribution in [0.2, 0.25) is 0 Å². The molecule has 2 aromatic heterocycles. The van der Waals surface area contributed by atoms with Gasteiger partial charge < -0.3 is 5.32 Å². The molecule has 1 saturated heterocycles. The summed E-state index contributed by atoms with van der Waals surface area (Å²) in [6, 6.07) is 6.97. The number of benzene rings is 1. The average Bonchev–Trinajstić information content (AvgIpc) is 3.30. The molecule has 1 aliphatic heterocycles. The minimum atomic E-state index is -0.636. The van der Waals surface area contributed by atoms with E-state index in [0.717, 1.165) is 12.1 Å². The minimum Gasteiger partial charge on any atom is -0.339 e. The first-order valence-electron chi connectivity index (χ1n) is 9.35. The third-order valence-corrected chi connectivity index (χ3v) is 4.97. The summed E-state index contributed by atoms with van der Waals surface area (Å²) in [6.45, 7) is 2.45. The van der Waals surface area contributed by atoms with Crippen LogP contribution in [0.15, 0.2) is 42.9 Å².